The minimum Gasteiger partial charge on any atom is -0.456 e. The fourth-order valence-electron chi connectivity index (χ4n) is 3.04. The Balaban J connectivity index is 1.46. The van der Waals surface area contributed by atoms with Gasteiger partial charge in [0, 0.05) is 32.6 Å². The number of non-ortho nitro benzene ring substituents is 1. The van der Waals surface area contributed by atoms with Crippen LogP contribution in [0.5, 0.6) is 0 Å². The number of halogens is 1. The molecule has 3 aromatic rings. The fraction of sp³-hybridized carbons (Fsp3) is 0.286. The molecular formula is C21H20FN3O7. The van der Waals surface area contributed by atoms with Crippen LogP contribution in [0, 0.1) is 15.9 Å². The minimum absolute atomic E-state index is 0.0406. The molecular weight excluding hydrogens is 425 g/mol. The summed E-state index contributed by atoms with van der Waals surface area (Å²) in [6, 6.07) is 9.54. The Kier molecular flexibility index (Phi) is 6.98. The van der Waals surface area contributed by atoms with E-state index >= 15 is 0 Å². The molecule has 0 atom stereocenters. The van der Waals surface area contributed by atoms with Gasteiger partial charge in [0.1, 0.15) is 5.82 Å². The number of benzene rings is 2. The van der Waals surface area contributed by atoms with Crippen LogP contribution in [0.25, 0.3) is 11.1 Å². The van der Waals surface area contributed by atoms with Gasteiger partial charge >= 0.3 is 11.7 Å². The first-order chi connectivity index (χ1) is 15.2. The highest BCUT2D eigenvalue weighted by Gasteiger charge is 2.16. The molecule has 10 nitrogen and oxygen atoms in total. The molecule has 0 aliphatic carbocycles. The highest BCUT2D eigenvalue weighted by molar-refractivity contribution is 5.80. The number of nitro benzene ring substituents is 1. The van der Waals surface area contributed by atoms with E-state index < -0.39 is 29.2 Å². The number of amides is 1. The Bertz CT molecular complexity index is 1200. The average molecular weight is 445 g/mol. The molecule has 2 aromatic carbocycles. The molecule has 3 rings (SSSR count). The van der Waals surface area contributed by atoms with Crippen molar-refractivity contribution >= 4 is 28.7 Å². The molecule has 0 radical (unpaired) electrons. The predicted octanol–water partition coefficient (Wildman–Crippen LogP) is 2.62. The van der Waals surface area contributed by atoms with E-state index in [1.165, 1.54) is 33.7 Å². The molecule has 0 aliphatic rings. The number of oxazole rings is 1. The molecule has 32 heavy (non-hydrogen) atoms. The summed E-state index contributed by atoms with van der Waals surface area (Å²) in [6.45, 7) is -0.0583. The van der Waals surface area contributed by atoms with Crippen molar-refractivity contribution in [1.29, 1.82) is 0 Å². The standard InChI is InChI=1S/C21H20FN3O7/c1-23(12-14-4-6-15(22)7-5-14)19(26)13-31-20(27)3-2-10-24-17-9-8-16(25(29)30)11-18(17)32-21(24)28/h4-9,11H,2-3,10,12-13H2,1H3. The van der Waals surface area contributed by atoms with Crippen LogP contribution in [0.15, 0.2) is 51.7 Å². The lowest BCUT2D eigenvalue weighted by Crippen LogP contribution is -2.30. The van der Waals surface area contributed by atoms with Gasteiger partial charge in [0.25, 0.3) is 11.6 Å². The summed E-state index contributed by atoms with van der Waals surface area (Å²) in [4.78, 5) is 47.6. The second kappa shape index (κ2) is 9.86. The van der Waals surface area contributed by atoms with Crippen molar-refractivity contribution in [1.82, 2.24) is 9.47 Å². The van der Waals surface area contributed by atoms with E-state index in [1.807, 2.05) is 0 Å². The summed E-state index contributed by atoms with van der Waals surface area (Å²) in [5.41, 5.74) is 1.00. The second-order valence-corrected chi connectivity index (χ2v) is 7.07. The maximum absolute atomic E-state index is 12.9. The zero-order chi connectivity index (χ0) is 23.3. The normalized spacial score (nSPS) is 10.8. The monoisotopic (exact) mass is 445 g/mol. The Morgan fingerprint density at radius 2 is 1.94 bits per heavy atom. The molecule has 168 valence electrons. The molecule has 0 saturated carbocycles. The number of carbonyl (C=O) groups is 2. The van der Waals surface area contributed by atoms with Gasteiger partial charge in [-0.25, -0.2) is 9.18 Å². The van der Waals surface area contributed by atoms with Gasteiger partial charge in [-0.3, -0.25) is 24.3 Å². The van der Waals surface area contributed by atoms with E-state index in [-0.39, 0.29) is 43.0 Å². The zero-order valence-corrected chi connectivity index (χ0v) is 17.2. The molecule has 11 heteroatoms. The van der Waals surface area contributed by atoms with Crippen molar-refractivity contribution < 1.29 is 28.1 Å². The summed E-state index contributed by atoms with van der Waals surface area (Å²) in [5, 5.41) is 10.8. The van der Waals surface area contributed by atoms with Crippen LogP contribution in [0.3, 0.4) is 0 Å². The molecule has 0 fully saturated rings. The van der Waals surface area contributed by atoms with Crippen molar-refractivity contribution in [3.63, 3.8) is 0 Å². The summed E-state index contributed by atoms with van der Waals surface area (Å²) in [7, 11) is 1.54. The lowest BCUT2D eigenvalue weighted by atomic mass is 10.2. The van der Waals surface area contributed by atoms with Gasteiger partial charge in [-0.2, -0.15) is 0 Å². The molecule has 0 spiro atoms. The third-order valence-electron chi connectivity index (χ3n) is 4.74. The number of nitro groups is 1. The molecule has 1 amide bonds. The topological polar surface area (TPSA) is 125 Å². The molecule has 0 saturated heterocycles. The summed E-state index contributed by atoms with van der Waals surface area (Å²) in [5.74, 6) is -2.08. The Morgan fingerprint density at radius 1 is 1.22 bits per heavy atom. The van der Waals surface area contributed by atoms with Gasteiger partial charge in [0.2, 0.25) is 0 Å². The van der Waals surface area contributed by atoms with Crippen LogP contribution >= 0.6 is 0 Å². The average Bonchev–Trinajstić information content (AvgIpc) is 3.07. The first kappa shape index (κ1) is 22.7. The van der Waals surface area contributed by atoms with Gasteiger partial charge in [-0.1, -0.05) is 12.1 Å². The van der Waals surface area contributed by atoms with Crippen molar-refractivity contribution in [2.45, 2.75) is 25.9 Å². The van der Waals surface area contributed by atoms with Crippen molar-refractivity contribution in [3.05, 3.63) is 74.5 Å². The number of esters is 1. The fourth-order valence-corrected chi connectivity index (χ4v) is 3.04. The van der Waals surface area contributed by atoms with Crippen LogP contribution < -0.4 is 5.76 Å². The number of ether oxygens (including phenoxy) is 1. The van der Waals surface area contributed by atoms with E-state index in [4.69, 9.17) is 9.15 Å². The van der Waals surface area contributed by atoms with E-state index in [1.54, 1.807) is 19.2 Å². The lowest BCUT2D eigenvalue weighted by molar-refractivity contribution is -0.384. The quantitative estimate of drug-likeness (QED) is 0.282. The highest BCUT2D eigenvalue weighted by Crippen LogP contribution is 2.20. The predicted molar refractivity (Wildman–Crippen MR) is 110 cm³/mol. The van der Waals surface area contributed by atoms with Crippen molar-refractivity contribution in [2.24, 2.45) is 0 Å². The van der Waals surface area contributed by atoms with E-state index in [2.05, 4.69) is 0 Å². The number of likely N-dealkylation sites (N-methyl/N-ethyl adjacent to an activating group) is 1. The second-order valence-electron chi connectivity index (χ2n) is 7.07. The Hall–Kier alpha value is -4.02. The number of aryl methyl sites for hydroxylation is 1. The van der Waals surface area contributed by atoms with Crippen LogP contribution in [0.1, 0.15) is 18.4 Å². The largest absolute Gasteiger partial charge is 0.456 e. The third kappa shape index (κ3) is 5.56. The first-order valence-electron chi connectivity index (χ1n) is 9.66. The smallest absolute Gasteiger partial charge is 0.419 e. The lowest BCUT2D eigenvalue weighted by Gasteiger charge is -2.17. The van der Waals surface area contributed by atoms with E-state index in [0.717, 1.165) is 11.6 Å². The summed E-state index contributed by atoms with van der Waals surface area (Å²) < 4.78 is 24.2. The number of aromatic nitrogens is 1. The van der Waals surface area contributed by atoms with Crippen molar-refractivity contribution in [3.8, 4) is 0 Å². The number of hydrogen-bond donors (Lipinski definition) is 0. The zero-order valence-electron chi connectivity index (χ0n) is 17.2. The molecule has 0 aliphatic heterocycles. The molecule has 0 N–H and O–H groups in total. The summed E-state index contributed by atoms with van der Waals surface area (Å²) >= 11 is 0. The molecule has 1 aromatic heterocycles. The maximum atomic E-state index is 12.9. The third-order valence-corrected chi connectivity index (χ3v) is 4.74. The molecule has 0 bridgehead atoms. The van der Waals surface area contributed by atoms with Crippen molar-refractivity contribution in [2.75, 3.05) is 13.7 Å². The SMILES string of the molecule is CN(Cc1ccc(F)cc1)C(=O)COC(=O)CCCn1c(=O)oc2cc([N+](=O)[O-])ccc21. The van der Waals surface area contributed by atoms with Crippen LogP contribution in [0.4, 0.5) is 10.1 Å². The number of nitrogens with zero attached hydrogens (tertiary/aromatic N) is 3. The van der Waals surface area contributed by atoms with Gasteiger partial charge < -0.3 is 14.1 Å². The van der Waals surface area contributed by atoms with Gasteiger partial charge in [-0.05, 0) is 30.2 Å². The minimum atomic E-state index is -0.688. The van der Waals surface area contributed by atoms with Crippen LogP contribution in [-0.4, -0.2) is 39.9 Å². The number of carbonyl (C=O) groups excluding carboxylic acids is 2. The van der Waals surface area contributed by atoms with E-state index in [0.29, 0.717) is 5.52 Å². The highest BCUT2D eigenvalue weighted by atomic mass is 19.1. The van der Waals surface area contributed by atoms with Gasteiger partial charge in [0.05, 0.1) is 16.5 Å². The van der Waals surface area contributed by atoms with Gasteiger partial charge in [0.15, 0.2) is 12.2 Å². The molecule has 1 heterocycles. The maximum Gasteiger partial charge on any atom is 0.419 e. The van der Waals surface area contributed by atoms with Crippen LogP contribution in [0.2, 0.25) is 0 Å². The number of rotatable bonds is 9. The number of fused-ring (bicyclic) bond motifs is 1. The van der Waals surface area contributed by atoms with Gasteiger partial charge in [-0.15, -0.1) is 0 Å². The number of hydrogen-bond acceptors (Lipinski definition) is 7. The van der Waals surface area contributed by atoms with Crippen LogP contribution in [-0.2, 0) is 27.4 Å². The first-order valence-corrected chi connectivity index (χ1v) is 9.66. The molecule has 0 unspecified atom stereocenters. The van der Waals surface area contributed by atoms with E-state index in [9.17, 15) is 28.9 Å². The summed E-state index contributed by atoms with van der Waals surface area (Å²) in [6.07, 6.45) is 0.199. The Labute approximate surface area is 180 Å². The Morgan fingerprint density at radius 3 is 2.62 bits per heavy atom.